The number of rotatable bonds is 4. The van der Waals surface area contributed by atoms with Gasteiger partial charge in [0.2, 0.25) is 0 Å². The Morgan fingerprint density at radius 2 is 1.87 bits per heavy atom. The fourth-order valence-corrected chi connectivity index (χ4v) is 4.18. The number of halogens is 1. The van der Waals surface area contributed by atoms with Crippen LogP contribution in [0.1, 0.15) is 51.9 Å². The Morgan fingerprint density at radius 3 is 2.52 bits per heavy atom. The van der Waals surface area contributed by atoms with E-state index in [0.29, 0.717) is 12.6 Å². The first-order valence-corrected chi connectivity index (χ1v) is 9.20. The van der Waals surface area contributed by atoms with Crippen molar-refractivity contribution >= 4 is 29.9 Å². The molecule has 2 N–H and O–H groups in total. The molecule has 3 aliphatic rings. The van der Waals surface area contributed by atoms with E-state index >= 15 is 0 Å². The van der Waals surface area contributed by atoms with Gasteiger partial charge in [-0.25, -0.2) is 0 Å². The molecule has 0 spiro atoms. The van der Waals surface area contributed by atoms with Crippen molar-refractivity contribution in [3.8, 4) is 0 Å². The van der Waals surface area contributed by atoms with Crippen LogP contribution in [0.5, 0.6) is 0 Å². The highest BCUT2D eigenvalue weighted by Gasteiger charge is 2.33. The summed E-state index contributed by atoms with van der Waals surface area (Å²) in [5.74, 6) is 1.00. The van der Waals surface area contributed by atoms with Crippen molar-refractivity contribution in [2.24, 2.45) is 4.99 Å². The summed E-state index contributed by atoms with van der Waals surface area (Å²) in [5.41, 5.74) is -0.547. The molecular weight excluding hydrogens is 403 g/mol. The number of hydrogen-bond donors (Lipinski definition) is 2. The van der Waals surface area contributed by atoms with Crippen LogP contribution in [-0.2, 0) is 0 Å². The molecule has 2 saturated heterocycles. The molecule has 23 heavy (non-hydrogen) atoms. The molecule has 1 saturated carbocycles. The summed E-state index contributed by atoms with van der Waals surface area (Å²) in [6.07, 6.45) is 8.06. The molecule has 1 atom stereocenters. The van der Waals surface area contributed by atoms with Gasteiger partial charge in [0.05, 0.1) is 12.1 Å². The van der Waals surface area contributed by atoms with Gasteiger partial charge in [0, 0.05) is 25.7 Å². The molecule has 6 heteroatoms. The molecule has 3 rings (SSSR count). The first-order valence-electron chi connectivity index (χ1n) is 9.20. The number of guanidine groups is 1. The van der Waals surface area contributed by atoms with Gasteiger partial charge in [-0.1, -0.05) is 12.8 Å². The van der Waals surface area contributed by atoms with Crippen LogP contribution in [0.2, 0.25) is 0 Å². The third kappa shape index (κ3) is 4.95. The molecule has 1 aliphatic carbocycles. The number of nitrogens with zero attached hydrogens (tertiary/aromatic N) is 3. The fraction of sp³-hybridized carbons (Fsp3) is 0.941. The molecular formula is C17H33IN4O. The van der Waals surface area contributed by atoms with Gasteiger partial charge < -0.3 is 15.3 Å². The Kier molecular flexibility index (Phi) is 7.41. The van der Waals surface area contributed by atoms with Crippen molar-refractivity contribution in [2.45, 2.75) is 63.5 Å². The molecule has 0 aromatic carbocycles. The highest BCUT2D eigenvalue weighted by atomic mass is 127. The standard InChI is InChI=1S/C17H32N4O.HI/c1-2-18-16(19-14-17(22)8-3-4-9-17)21-12-7-15(13-21)20-10-5-6-11-20;/h15,22H,2-14H2,1H3,(H,18,19);1H. The summed E-state index contributed by atoms with van der Waals surface area (Å²) in [5, 5.41) is 13.9. The van der Waals surface area contributed by atoms with Crippen LogP contribution in [0.25, 0.3) is 0 Å². The Bertz CT molecular complexity index is 392. The van der Waals surface area contributed by atoms with Crippen molar-refractivity contribution in [1.29, 1.82) is 0 Å². The minimum absolute atomic E-state index is 0. The predicted molar refractivity (Wildman–Crippen MR) is 106 cm³/mol. The van der Waals surface area contributed by atoms with E-state index in [0.717, 1.165) is 51.3 Å². The number of hydrogen-bond acceptors (Lipinski definition) is 3. The van der Waals surface area contributed by atoms with Crippen molar-refractivity contribution in [3.63, 3.8) is 0 Å². The summed E-state index contributed by atoms with van der Waals surface area (Å²) in [4.78, 5) is 9.81. The van der Waals surface area contributed by atoms with E-state index < -0.39 is 5.60 Å². The molecule has 2 aliphatic heterocycles. The van der Waals surface area contributed by atoms with E-state index in [1.165, 1.54) is 32.4 Å². The van der Waals surface area contributed by atoms with Crippen LogP contribution in [0.3, 0.4) is 0 Å². The molecule has 2 heterocycles. The first-order chi connectivity index (χ1) is 10.7. The van der Waals surface area contributed by atoms with Gasteiger partial charge in [-0.15, -0.1) is 24.0 Å². The maximum atomic E-state index is 10.5. The molecule has 0 amide bonds. The first kappa shape index (κ1) is 19.2. The third-order valence-corrected chi connectivity index (χ3v) is 5.51. The molecule has 0 aromatic rings. The average Bonchev–Trinajstić information content (AvgIpc) is 3.24. The highest BCUT2D eigenvalue weighted by Crippen LogP contribution is 2.29. The monoisotopic (exact) mass is 436 g/mol. The SMILES string of the molecule is CCNC(=NCC1(O)CCCC1)N1CCC(N2CCCC2)C1.I. The topological polar surface area (TPSA) is 51.1 Å². The summed E-state index contributed by atoms with van der Waals surface area (Å²) in [7, 11) is 0. The second-order valence-corrected chi connectivity index (χ2v) is 7.23. The van der Waals surface area contributed by atoms with Gasteiger partial charge in [-0.3, -0.25) is 9.89 Å². The lowest BCUT2D eigenvalue weighted by atomic mass is 10.0. The van der Waals surface area contributed by atoms with Gasteiger partial charge in [0.1, 0.15) is 0 Å². The van der Waals surface area contributed by atoms with Crippen LogP contribution in [0.15, 0.2) is 4.99 Å². The Morgan fingerprint density at radius 1 is 1.17 bits per heavy atom. The minimum Gasteiger partial charge on any atom is -0.388 e. The lowest BCUT2D eigenvalue weighted by molar-refractivity contribution is 0.0572. The van der Waals surface area contributed by atoms with Gasteiger partial charge >= 0.3 is 0 Å². The smallest absolute Gasteiger partial charge is 0.194 e. The third-order valence-electron chi connectivity index (χ3n) is 5.51. The quantitative estimate of drug-likeness (QED) is 0.403. The molecule has 1 unspecified atom stereocenters. The van der Waals surface area contributed by atoms with Crippen molar-refractivity contribution in [3.05, 3.63) is 0 Å². The normalized spacial score (nSPS) is 28.2. The summed E-state index contributed by atoms with van der Waals surface area (Å²) in [6, 6.07) is 0.695. The molecule has 0 aromatic heterocycles. The Balaban J connectivity index is 0.00000192. The van der Waals surface area contributed by atoms with Crippen LogP contribution in [0.4, 0.5) is 0 Å². The van der Waals surface area contributed by atoms with E-state index in [1.807, 2.05) is 0 Å². The Hall–Kier alpha value is -0.0800. The zero-order chi connectivity index (χ0) is 15.4. The molecule has 3 fully saturated rings. The van der Waals surface area contributed by atoms with Gasteiger partial charge in [-0.05, 0) is 52.1 Å². The van der Waals surface area contributed by atoms with E-state index in [9.17, 15) is 5.11 Å². The average molecular weight is 436 g/mol. The fourth-order valence-electron chi connectivity index (χ4n) is 4.18. The second-order valence-electron chi connectivity index (χ2n) is 7.23. The Labute approximate surface area is 157 Å². The van der Waals surface area contributed by atoms with Crippen LogP contribution in [-0.4, -0.2) is 71.8 Å². The molecule has 5 nitrogen and oxygen atoms in total. The summed E-state index contributed by atoms with van der Waals surface area (Å²) in [6.45, 7) is 8.28. The van der Waals surface area contributed by atoms with Crippen molar-refractivity contribution in [2.75, 3.05) is 39.3 Å². The van der Waals surface area contributed by atoms with Gasteiger partial charge in [-0.2, -0.15) is 0 Å². The number of aliphatic imine (C=N–C) groups is 1. The van der Waals surface area contributed by atoms with E-state index in [-0.39, 0.29) is 24.0 Å². The van der Waals surface area contributed by atoms with Crippen LogP contribution >= 0.6 is 24.0 Å². The molecule has 0 bridgehead atoms. The number of likely N-dealkylation sites (tertiary alicyclic amines) is 2. The number of nitrogens with one attached hydrogen (secondary N) is 1. The highest BCUT2D eigenvalue weighted by molar-refractivity contribution is 14.0. The van der Waals surface area contributed by atoms with Crippen molar-refractivity contribution < 1.29 is 5.11 Å². The van der Waals surface area contributed by atoms with Gasteiger partial charge in [0.25, 0.3) is 0 Å². The lowest BCUT2D eigenvalue weighted by Crippen LogP contribution is -2.43. The maximum absolute atomic E-state index is 10.5. The molecule has 134 valence electrons. The molecule has 0 radical (unpaired) electrons. The largest absolute Gasteiger partial charge is 0.388 e. The number of aliphatic hydroxyl groups is 1. The summed E-state index contributed by atoms with van der Waals surface area (Å²) >= 11 is 0. The zero-order valence-electron chi connectivity index (χ0n) is 14.5. The van der Waals surface area contributed by atoms with E-state index in [4.69, 9.17) is 4.99 Å². The predicted octanol–water partition coefficient (Wildman–Crippen LogP) is 2.05. The van der Waals surface area contributed by atoms with Crippen LogP contribution < -0.4 is 5.32 Å². The van der Waals surface area contributed by atoms with Gasteiger partial charge in [0.15, 0.2) is 5.96 Å². The lowest BCUT2D eigenvalue weighted by Gasteiger charge is -2.26. The summed E-state index contributed by atoms with van der Waals surface area (Å²) < 4.78 is 0. The second kappa shape index (κ2) is 8.85. The minimum atomic E-state index is -0.547. The van der Waals surface area contributed by atoms with E-state index in [1.54, 1.807) is 0 Å². The van der Waals surface area contributed by atoms with Crippen LogP contribution in [0, 0.1) is 0 Å². The zero-order valence-corrected chi connectivity index (χ0v) is 16.8. The maximum Gasteiger partial charge on any atom is 0.194 e. The van der Waals surface area contributed by atoms with E-state index in [2.05, 4.69) is 22.0 Å². The van der Waals surface area contributed by atoms with Crippen molar-refractivity contribution in [1.82, 2.24) is 15.1 Å².